The zero-order valence-corrected chi connectivity index (χ0v) is 11.8. The molecule has 0 saturated carbocycles. The second-order valence-electron chi connectivity index (χ2n) is 4.16. The van der Waals surface area contributed by atoms with Crippen LogP contribution in [0.5, 0.6) is 0 Å². The number of thioether (sulfide) groups is 1. The molecule has 1 aromatic carbocycles. The van der Waals surface area contributed by atoms with E-state index in [0.29, 0.717) is 11.3 Å². The fourth-order valence-electron chi connectivity index (χ4n) is 1.97. The molecule has 17 heavy (non-hydrogen) atoms. The molecule has 2 atom stereocenters. The zero-order valence-electron chi connectivity index (χ0n) is 10.9. The van der Waals surface area contributed by atoms with Crippen LogP contribution in [0.15, 0.2) is 24.3 Å². The first-order valence-electron chi connectivity index (χ1n) is 6.21. The molecule has 0 amide bonds. The maximum absolute atomic E-state index is 8.87. The lowest BCUT2D eigenvalue weighted by Gasteiger charge is -2.23. The minimum absolute atomic E-state index is 0.250. The topological polar surface area (TPSA) is 32.3 Å². The Morgan fingerprint density at radius 2 is 1.94 bits per heavy atom. The second-order valence-corrected chi connectivity index (χ2v) is 5.65. The predicted octanol–water partition coefficient (Wildman–Crippen LogP) is 2.62. The van der Waals surface area contributed by atoms with Gasteiger partial charge in [-0.2, -0.15) is 11.8 Å². The Morgan fingerprint density at radius 1 is 1.29 bits per heavy atom. The Hall–Kier alpha value is -0.510. The predicted molar refractivity (Wildman–Crippen MR) is 76.6 cm³/mol. The molecular formula is C14H23NOS. The highest BCUT2D eigenvalue weighted by Gasteiger charge is 2.17. The minimum Gasteiger partial charge on any atom is -0.396 e. The van der Waals surface area contributed by atoms with Crippen molar-refractivity contribution in [2.75, 3.05) is 19.4 Å². The summed E-state index contributed by atoms with van der Waals surface area (Å²) in [5.74, 6) is 0.798. The van der Waals surface area contributed by atoms with Crippen molar-refractivity contribution in [1.29, 1.82) is 0 Å². The highest BCUT2D eigenvalue weighted by atomic mass is 32.2. The molecule has 0 bridgehead atoms. The fraction of sp³-hybridized carbons (Fsp3) is 0.571. The smallest absolute Gasteiger partial charge is 0.0521 e. The molecule has 2 N–H and O–H groups in total. The first-order chi connectivity index (χ1) is 8.22. The van der Waals surface area contributed by atoms with Gasteiger partial charge in [0.25, 0.3) is 0 Å². The first-order valence-corrected chi connectivity index (χ1v) is 7.26. The van der Waals surface area contributed by atoms with Gasteiger partial charge in [-0.15, -0.1) is 0 Å². The van der Waals surface area contributed by atoms with Crippen LogP contribution >= 0.6 is 11.8 Å². The van der Waals surface area contributed by atoms with Crippen LogP contribution in [-0.4, -0.2) is 29.8 Å². The summed E-state index contributed by atoms with van der Waals surface area (Å²) in [6.07, 6.45) is 1.08. The molecule has 2 nitrogen and oxygen atoms in total. The van der Waals surface area contributed by atoms with Crippen molar-refractivity contribution >= 4 is 11.8 Å². The lowest BCUT2D eigenvalue weighted by Crippen LogP contribution is -2.25. The molecule has 0 aliphatic heterocycles. The summed E-state index contributed by atoms with van der Waals surface area (Å²) in [4.78, 5) is 0. The number of hydrogen-bond acceptors (Lipinski definition) is 3. The van der Waals surface area contributed by atoms with Crippen LogP contribution in [0.3, 0.4) is 0 Å². The van der Waals surface area contributed by atoms with E-state index in [2.05, 4.69) is 43.4 Å². The quantitative estimate of drug-likeness (QED) is 0.783. The summed E-state index contributed by atoms with van der Waals surface area (Å²) in [6.45, 7) is 4.62. The van der Waals surface area contributed by atoms with Gasteiger partial charge in [-0.05, 0) is 24.6 Å². The van der Waals surface area contributed by atoms with Crippen LogP contribution in [0.4, 0.5) is 0 Å². The van der Waals surface area contributed by atoms with Gasteiger partial charge in [-0.1, -0.05) is 38.1 Å². The normalized spacial score (nSPS) is 14.6. The Labute approximate surface area is 109 Å². The third kappa shape index (κ3) is 4.34. The zero-order chi connectivity index (χ0) is 12.7. The summed E-state index contributed by atoms with van der Waals surface area (Å²) >= 11 is 1.80. The first kappa shape index (κ1) is 14.6. The van der Waals surface area contributed by atoms with Gasteiger partial charge in [0.05, 0.1) is 6.61 Å². The molecule has 1 aromatic rings. The maximum atomic E-state index is 8.87. The Bertz CT molecular complexity index is 313. The molecule has 0 fully saturated rings. The van der Waals surface area contributed by atoms with Gasteiger partial charge in [0, 0.05) is 17.0 Å². The Kier molecular flexibility index (Phi) is 6.63. The van der Waals surface area contributed by atoms with E-state index in [1.165, 1.54) is 11.1 Å². The lowest BCUT2D eigenvalue weighted by molar-refractivity contribution is 0.322. The van der Waals surface area contributed by atoms with Gasteiger partial charge in [0.2, 0.25) is 0 Å². The molecule has 0 spiro atoms. The van der Waals surface area contributed by atoms with Crippen LogP contribution in [0.25, 0.3) is 0 Å². The third-order valence-corrected chi connectivity index (χ3v) is 4.22. The highest BCUT2D eigenvalue weighted by Crippen LogP contribution is 2.26. The van der Waals surface area contributed by atoms with Crippen molar-refractivity contribution in [2.24, 2.45) is 0 Å². The van der Waals surface area contributed by atoms with Crippen molar-refractivity contribution in [3.05, 3.63) is 35.4 Å². The van der Waals surface area contributed by atoms with Crippen molar-refractivity contribution < 1.29 is 5.11 Å². The third-order valence-electron chi connectivity index (χ3n) is 3.00. The minimum atomic E-state index is 0.250. The van der Waals surface area contributed by atoms with E-state index in [1.54, 1.807) is 11.8 Å². The second kappa shape index (κ2) is 7.75. The van der Waals surface area contributed by atoms with E-state index < -0.39 is 0 Å². The molecule has 96 valence electrons. The van der Waals surface area contributed by atoms with Crippen molar-refractivity contribution in [2.45, 2.75) is 31.6 Å². The van der Waals surface area contributed by atoms with Gasteiger partial charge < -0.3 is 10.4 Å². The van der Waals surface area contributed by atoms with Crippen LogP contribution in [0.2, 0.25) is 0 Å². The SMILES string of the molecule is CCc1ccc(C(NC)C(C)SCCO)cc1. The van der Waals surface area contributed by atoms with Crippen LogP contribution < -0.4 is 5.32 Å². The monoisotopic (exact) mass is 253 g/mol. The summed E-state index contributed by atoms with van der Waals surface area (Å²) in [6, 6.07) is 9.15. The molecule has 1 rings (SSSR count). The molecule has 0 radical (unpaired) electrons. The van der Waals surface area contributed by atoms with E-state index in [9.17, 15) is 0 Å². The number of aryl methyl sites for hydroxylation is 1. The van der Waals surface area contributed by atoms with Gasteiger partial charge in [-0.3, -0.25) is 0 Å². The highest BCUT2D eigenvalue weighted by molar-refractivity contribution is 7.99. The van der Waals surface area contributed by atoms with E-state index in [0.717, 1.165) is 12.2 Å². The molecule has 2 unspecified atom stereocenters. The molecule has 0 heterocycles. The average molecular weight is 253 g/mol. The number of benzene rings is 1. The fourth-order valence-corrected chi connectivity index (χ4v) is 2.93. The number of nitrogens with one attached hydrogen (secondary N) is 1. The number of aliphatic hydroxyl groups excluding tert-OH is 1. The summed E-state index contributed by atoms with van der Waals surface area (Å²) in [5.41, 5.74) is 2.70. The van der Waals surface area contributed by atoms with Gasteiger partial charge in [0.1, 0.15) is 0 Å². The van der Waals surface area contributed by atoms with Gasteiger partial charge in [-0.25, -0.2) is 0 Å². The van der Waals surface area contributed by atoms with Crippen molar-refractivity contribution in [3.63, 3.8) is 0 Å². The van der Waals surface area contributed by atoms with Crippen molar-refractivity contribution in [1.82, 2.24) is 5.32 Å². The van der Waals surface area contributed by atoms with E-state index in [1.807, 2.05) is 7.05 Å². The summed E-state index contributed by atoms with van der Waals surface area (Å²) in [7, 11) is 1.99. The maximum Gasteiger partial charge on any atom is 0.0521 e. The molecule has 0 aliphatic carbocycles. The Balaban J connectivity index is 2.70. The summed E-state index contributed by atoms with van der Waals surface area (Å²) < 4.78 is 0. The Morgan fingerprint density at radius 3 is 2.41 bits per heavy atom. The summed E-state index contributed by atoms with van der Waals surface area (Å²) in [5, 5.41) is 12.7. The van der Waals surface area contributed by atoms with Gasteiger partial charge >= 0.3 is 0 Å². The van der Waals surface area contributed by atoms with Gasteiger partial charge in [0.15, 0.2) is 0 Å². The number of hydrogen-bond donors (Lipinski definition) is 2. The lowest BCUT2D eigenvalue weighted by atomic mass is 10.0. The molecule has 3 heteroatoms. The largest absolute Gasteiger partial charge is 0.396 e. The molecule has 0 saturated heterocycles. The molecular weight excluding hydrogens is 230 g/mol. The van der Waals surface area contributed by atoms with Crippen LogP contribution in [-0.2, 0) is 6.42 Å². The number of rotatable bonds is 7. The van der Waals surface area contributed by atoms with Crippen LogP contribution in [0.1, 0.15) is 31.0 Å². The standard InChI is InChI=1S/C14H23NOS/c1-4-12-5-7-13(8-6-12)14(15-3)11(2)17-10-9-16/h5-8,11,14-16H,4,9-10H2,1-3H3. The molecule has 0 aliphatic rings. The average Bonchev–Trinajstić information content (AvgIpc) is 2.38. The van der Waals surface area contributed by atoms with E-state index in [-0.39, 0.29) is 6.61 Å². The van der Waals surface area contributed by atoms with Crippen LogP contribution in [0, 0.1) is 0 Å². The number of aliphatic hydroxyl groups is 1. The van der Waals surface area contributed by atoms with E-state index >= 15 is 0 Å². The van der Waals surface area contributed by atoms with Crippen molar-refractivity contribution in [3.8, 4) is 0 Å². The van der Waals surface area contributed by atoms with E-state index in [4.69, 9.17) is 5.11 Å². The molecule has 0 aromatic heterocycles.